The van der Waals surface area contributed by atoms with Crippen molar-refractivity contribution in [2.24, 2.45) is 0 Å². The van der Waals surface area contributed by atoms with E-state index in [-0.39, 0.29) is 34.2 Å². The molecule has 4 aromatic rings. The maximum Gasteiger partial charge on any atom is 0.386 e. The summed E-state index contributed by atoms with van der Waals surface area (Å²) in [5.74, 6) is -0.417. The minimum absolute atomic E-state index is 0.00691. The molecule has 0 saturated carbocycles. The molecule has 22 nitrogen and oxygen atoms in total. The Labute approximate surface area is 279 Å². The largest absolute Gasteiger partial charge is 0.392 e. The number of imidazole rings is 2. The Kier molecular flexibility index (Phi) is 11.1. The van der Waals surface area contributed by atoms with Crippen molar-refractivity contribution in [1.29, 1.82) is 0 Å². The third-order valence-electron chi connectivity index (χ3n) is 6.95. The number of aliphatic hydroxyl groups is 2. The second-order valence-corrected chi connectivity index (χ2v) is 16.0. The fourth-order valence-corrected chi connectivity index (χ4v) is 7.77. The number of nitrogens with one attached hydrogen (secondary N) is 2. The minimum atomic E-state index is -4.22. The van der Waals surface area contributed by atoms with E-state index in [1.807, 2.05) is 0 Å². The normalized spacial score (nSPS) is 29.0. The monoisotopic (exact) mass is 754 g/mol. The second kappa shape index (κ2) is 14.6. The Hall–Kier alpha value is -2.83. The first-order valence-corrected chi connectivity index (χ1v) is 19.2. The quantitative estimate of drug-likeness (QED) is 0.0813. The number of aromatic amines is 2. The van der Waals surface area contributed by atoms with Gasteiger partial charge in [0.2, 0.25) is 11.9 Å². The van der Waals surface area contributed by atoms with Gasteiger partial charge in [-0.25, -0.2) is 14.5 Å². The zero-order chi connectivity index (χ0) is 35.0. The summed E-state index contributed by atoms with van der Waals surface area (Å²) in [7, 11) is 0. The molecule has 5 rings (SSSR count). The topological polar surface area (TPSA) is 312 Å². The summed E-state index contributed by atoms with van der Waals surface area (Å²) in [5, 5.41) is 20.4. The highest BCUT2D eigenvalue weighted by atomic mass is 32.7. The Bertz CT molecular complexity index is 1850. The van der Waals surface area contributed by atoms with E-state index in [2.05, 4.69) is 42.2 Å². The van der Waals surface area contributed by atoms with Gasteiger partial charge in [-0.1, -0.05) is 12.2 Å². The van der Waals surface area contributed by atoms with Crippen molar-refractivity contribution in [3.63, 3.8) is 0 Å². The van der Waals surface area contributed by atoms with Crippen LogP contribution in [0, 0.1) is 0 Å². The second-order valence-electron chi connectivity index (χ2n) is 10.3. The number of nitrogen functional groups attached to an aromatic ring is 2. The summed E-state index contributed by atoms with van der Waals surface area (Å²) in [5.41, 5.74) is 9.92. The van der Waals surface area contributed by atoms with E-state index in [0.29, 0.717) is 0 Å². The number of hydrogen-bond donors (Lipinski definition) is 8. The fourth-order valence-electron chi connectivity index (χ4n) is 4.63. The molecule has 8 atom stereocenters. The van der Waals surface area contributed by atoms with E-state index < -0.39 is 87.9 Å². The standard InChI is InChI=1S/C22H32N10O12P2S2/c1-9-11(41-13(3-33)31-7-25-15-17(31)27-21(23)29-19(15)35)5-39-46(38,48)44-10(2)12(6-40-45(37,47)43-9)42-14(4-34)32-8-26-16-18(32)28-22(24)30-20(16)36/h7-14,33-34H,3-6H2,1-2H3,(H,37,47)(H,38,48)(H3,23,27,29,35)(H3,24,28,30,36)/t9-,10-,11-,12?,13?,14?,45?,46?/m1/s1. The molecule has 0 spiro atoms. The molecule has 264 valence electrons. The number of thiol groups is 1. The lowest BCUT2D eigenvalue weighted by molar-refractivity contribution is -0.139. The summed E-state index contributed by atoms with van der Waals surface area (Å²) in [6.45, 7) is -7.87. The zero-order valence-electron chi connectivity index (χ0n) is 25.1. The third-order valence-corrected chi connectivity index (χ3v) is 10.3. The molecule has 48 heavy (non-hydrogen) atoms. The lowest BCUT2D eigenvalue weighted by Crippen LogP contribution is -2.39. The molecule has 0 aliphatic carbocycles. The molecule has 0 aromatic carbocycles. The van der Waals surface area contributed by atoms with Gasteiger partial charge in [-0.3, -0.25) is 37.7 Å². The van der Waals surface area contributed by atoms with E-state index in [9.17, 15) is 29.3 Å². The molecular formula is C22H32N10O12P2S2. The van der Waals surface area contributed by atoms with E-state index in [0.717, 1.165) is 0 Å². The first-order chi connectivity index (χ1) is 22.6. The van der Waals surface area contributed by atoms with Crippen molar-refractivity contribution < 1.29 is 47.2 Å². The number of nitrogens with zero attached hydrogens (tertiary/aromatic N) is 6. The fraction of sp³-hybridized carbons (Fsp3) is 0.545. The van der Waals surface area contributed by atoms with Crippen molar-refractivity contribution in [2.45, 2.75) is 50.7 Å². The van der Waals surface area contributed by atoms with Crippen molar-refractivity contribution in [1.82, 2.24) is 39.0 Å². The zero-order valence-corrected chi connectivity index (χ0v) is 28.6. The number of anilines is 2. The molecule has 5 unspecified atom stereocenters. The molecular weight excluding hydrogens is 722 g/mol. The van der Waals surface area contributed by atoms with Crippen LogP contribution in [-0.2, 0) is 43.9 Å². The van der Waals surface area contributed by atoms with E-state index in [4.69, 9.17) is 50.8 Å². The van der Waals surface area contributed by atoms with Gasteiger partial charge >= 0.3 is 13.5 Å². The number of ether oxygens (including phenoxy) is 2. The van der Waals surface area contributed by atoms with Crippen LogP contribution in [-0.4, -0.2) is 105 Å². The number of aliphatic hydroxyl groups excluding tert-OH is 2. The Balaban J connectivity index is 1.38. The Morgan fingerprint density at radius 3 is 1.83 bits per heavy atom. The van der Waals surface area contributed by atoms with Crippen LogP contribution in [0.2, 0.25) is 0 Å². The van der Waals surface area contributed by atoms with E-state index in [1.165, 1.54) is 35.6 Å². The minimum Gasteiger partial charge on any atom is -0.392 e. The molecule has 1 fully saturated rings. The predicted octanol–water partition coefficient (Wildman–Crippen LogP) is -0.719. The van der Waals surface area contributed by atoms with Crippen LogP contribution >= 0.6 is 25.8 Å². The number of fused-ring (bicyclic) bond motifs is 2. The van der Waals surface area contributed by atoms with Gasteiger partial charge in [0.1, 0.15) is 12.2 Å². The molecule has 9 N–H and O–H groups in total. The van der Waals surface area contributed by atoms with Gasteiger partial charge < -0.3 is 45.1 Å². The van der Waals surface area contributed by atoms with Crippen LogP contribution < -0.4 is 22.6 Å². The lowest BCUT2D eigenvalue weighted by Gasteiger charge is -2.34. The molecule has 4 aromatic heterocycles. The van der Waals surface area contributed by atoms with Gasteiger partial charge in [0.25, 0.3) is 11.1 Å². The summed E-state index contributed by atoms with van der Waals surface area (Å²) in [6, 6.07) is 0. The predicted molar refractivity (Wildman–Crippen MR) is 173 cm³/mol. The SMILES string of the molecule is C[C@H]1OP(O)(=S)OC[C@@H](OC(CO)n2cnc3c(=O)[nH]c(N)nc32)[C@@H](C)OP(=O)(S)OCC1OC(CO)n1cnc2c(=O)[nH]c(N)nc21. The van der Waals surface area contributed by atoms with E-state index >= 15 is 0 Å². The highest BCUT2D eigenvalue weighted by molar-refractivity contribution is 8.44. The highest BCUT2D eigenvalue weighted by Gasteiger charge is 2.37. The average molecular weight is 755 g/mol. The lowest BCUT2D eigenvalue weighted by atomic mass is 10.2. The van der Waals surface area contributed by atoms with Crippen LogP contribution in [0.25, 0.3) is 22.3 Å². The molecule has 0 amide bonds. The highest BCUT2D eigenvalue weighted by Crippen LogP contribution is 2.55. The van der Waals surface area contributed by atoms with Crippen LogP contribution in [0.15, 0.2) is 22.2 Å². The van der Waals surface area contributed by atoms with Crippen LogP contribution in [0.4, 0.5) is 11.9 Å². The molecule has 5 heterocycles. The number of hydrogen-bond acceptors (Lipinski definition) is 18. The molecule has 26 heteroatoms. The van der Waals surface area contributed by atoms with Gasteiger partial charge in [0.15, 0.2) is 34.8 Å². The van der Waals surface area contributed by atoms with Crippen LogP contribution in [0.1, 0.15) is 26.3 Å². The smallest absolute Gasteiger partial charge is 0.386 e. The van der Waals surface area contributed by atoms with E-state index in [1.54, 1.807) is 0 Å². The summed E-state index contributed by atoms with van der Waals surface area (Å²) < 4.78 is 50.2. The van der Waals surface area contributed by atoms with Gasteiger partial charge in [0.05, 0.1) is 51.3 Å². The van der Waals surface area contributed by atoms with Crippen LogP contribution in [0.5, 0.6) is 0 Å². The van der Waals surface area contributed by atoms with Gasteiger partial charge in [-0.15, -0.1) is 0 Å². The summed E-state index contributed by atoms with van der Waals surface area (Å²) in [4.78, 5) is 56.2. The number of aromatic nitrogens is 8. The maximum atomic E-state index is 13.4. The van der Waals surface area contributed by atoms with Gasteiger partial charge in [-0.2, -0.15) is 9.97 Å². The summed E-state index contributed by atoms with van der Waals surface area (Å²) >= 11 is 9.30. The van der Waals surface area contributed by atoms with Crippen molar-refractivity contribution >= 4 is 71.8 Å². The first kappa shape index (κ1) is 36.5. The maximum absolute atomic E-state index is 13.4. The Morgan fingerprint density at radius 1 is 0.938 bits per heavy atom. The van der Waals surface area contributed by atoms with Crippen molar-refractivity contribution in [3.05, 3.63) is 33.4 Å². The number of nitrogens with two attached hydrogens (primary N) is 2. The molecule has 1 aliphatic heterocycles. The Morgan fingerprint density at radius 2 is 1.38 bits per heavy atom. The average Bonchev–Trinajstić information content (AvgIpc) is 3.61. The molecule has 0 radical (unpaired) electrons. The number of H-pyrrole nitrogens is 2. The first-order valence-electron chi connectivity index (χ1n) is 13.9. The molecule has 1 saturated heterocycles. The summed E-state index contributed by atoms with van der Waals surface area (Å²) in [6.07, 6.45) is -4.90. The third kappa shape index (κ3) is 8.13. The molecule has 1 aliphatic rings. The van der Waals surface area contributed by atoms with Crippen LogP contribution in [0.3, 0.4) is 0 Å². The number of rotatable bonds is 8. The van der Waals surface area contributed by atoms with Crippen molar-refractivity contribution in [2.75, 3.05) is 37.9 Å². The molecule has 0 bridgehead atoms. The van der Waals surface area contributed by atoms with Crippen molar-refractivity contribution in [3.8, 4) is 0 Å². The van der Waals surface area contributed by atoms with Gasteiger partial charge in [-0.05, 0) is 25.7 Å². The van der Waals surface area contributed by atoms with Gasteiger partial charge in [0, 0.05) is 0 Å².